The average Bonchev–Trinajstić information content (AvgIpc) is 2.72. The molecule has 1 aliphatic heterocycles. The number of pyridine rings is 1. The monoisotopic (exact) mass is 500 g/mol. The number of aromatic nitrogens is 3. The number of nitrogen functional groups attached to an aromatic ring is 1. The fourth-order valence-corrected chi connectivity index (χ4v) is 4.74. The summed E-state index contributed by atoms with van der Waals surface area (Å²) in [6, 6.07) is 2.04. The molecule has 1 saturated heterocycles. The number of alkyl halides is 6. The second-order valence-corrected chi connectivity index (χ2v) is 9.24. The molecule has 1 aliphatic rings. The maximum absolute atomic E-state index is 13.0. The number of nitrogens with zero attached hydrogens (tertiary/aromatic N) is 5. The van der Waals surface area contributed by atoms with E-state index in [0.29, 0.717) is 0 Å². The van der Waals surface area contributed by atoms with Crippen molar-refractivity contribution in [2.75, 3.05) is 30.3 Å². The molecule has 2 aromatic heterocycles. The van der Waals surface area contributed by atoms with E-state index in [9.17, 15) is 39.9 Å². The molecule has 3 heterocycles. The fraction of sp³-hybridized carbons (Fsp3) is 0.471. The van der Waals surface area contributed by atoms with Crippen molar-refractivity contribution in [3.8, 4) is 0 Å². The average molecular weight is 500 g/mol. The molecule has 0 spiro atoms. The lowest BCUT2D eigenvalue weighted by Gasteiger charge is -2.39. The smallest absolute Gasteiger partial charge is 0.384 e. The summed E-state index contributed by atoms with van der Waals surface area (Å²) in [5.74, 6) is -0.0835. The van der Waals surface area contributed by atoms with E-state index < -0.39 is 39.6 Å². The first-order chi connectivity index (χ1) is 15.1. The Labute approximate surface area is 183 Å². The van der Waals surface area contributed by atoms with Gasteiger partial charge in [-0.3, -0.25) is 0 Å². The van der Waals surface area contributed by atoms with Gasteiger partial charge in [-0.05, 0) is 19.1 Å². The molecule has 9 nitrogen and oxygen atoms in total. The van der Waals surface area contributed by atoms with Gasteiger partial charge in [0.15, 0.2) is 0 Å². The molecule has 0 amide bonds. The Bertz CT molecular complexity index is 1080. The zero-order valence-corrected chi connectivity index (χ0v) is 17.7. The quantitative estimate of drug-likeness (QED) is 0.608. The van der Waals surface area contributed by atoms with Gasteiger partial charge < -0.3 is 15.7 Å². The van der Waals surface area contributed by atoms with Crippen LogP contribution in [0.3, 0.4) is 0 Å². The lowest BCUT2D eigenvalue weighted by molar-refractivity contribution is -0.376. The number of sulfonamides is 1. The number of piperazine rings is 1. The molecule has 0 aliphatic carbocycles. The Kier molecular flexibility index (Phi) is 6.23. The van der Waals surface area contributed by atoms with Crippen LogP contribution in [0.4, 0.5) is 38.1 Å². The standard InChI is InChI=1S/C17H18F6N6O3S/c1-10-9-28(33(31,32)12-2-3-13(24)25-8-12)4-5-29(10)14-26-6-11(7-27-14)15(30,16(18,19)20)17(21,22)23/h2-3,6-8,10,30H,4-5,9H2,1H3,(H2,24,25)/t10-/m0/s1. The van der Waals surface area contributed by atoms with Gasteiger partial charge in [-0.25, -0.2) is 23.4 Å². The predicted octanol–water partition coefficient (Wildman–Crippen LogP) is 1.67. The number of hydrogen-bond acceptors (Lipinski definition) is 8. The van der Waals surface area contributed by atoms with Crippen molar-refractivity contribution in [3.63, 3.8) is 0 Å². The third kappa shape index (κ3) is 4.41. The number of nitrogens with two attached hydrogens (primary N) is 1. The molecule has 1 fully saturated rings. The lowest BCUT2D eigenvalue weighted by atomic mass is 9.95. The Hall–Kier alpha value is -2.72. The molecule has 182 valence electrons. The van der Waals surface area contributed by atoms with Crippen LogP contribution in [0.1, 0.15) is 12.5 Å². The summed E-state index contributed by atoms with van der Waals surface area (Å²) >= 11 is 0. The fourth-order valence-electron chi connectivity index (χ4n) is 3.28. The van der Waals surface area contributed by atoms with Crippen LogP contribution in [-0.4, -0.2) is 70.8 Å². The molecule has 0 bridgehead atoms. The maximum Gasteiger partial charge on any atom is 0.430 e. The van der Waals surface area contributed by atoms with Crippen molar-refractivity contribution in [1.29, 1.82) is 0 Å². The van der Waals surface area contributed by atoms with Gasteiger partial charge >= 0.3 is 12.4 Å². The van der Waals surface area contributed by atoms with Crippen molar-refractivity contribution in [2.24, 2.45) is 0 Å². The van der Waals surface area contributed by atoms with E-state index in [1.54, 1.807) is 6.92 Å². The van der Waals surface area contributed by atoms with Crippen molar-refractivity contribution >= 4 is 21.8 Å². The summed E-state index contributed by atoms with van der Waals surface area (Å²) in [6.45, 7) is 1.47. The molecule has 3 rings (SSSR count). The van der Waals surface area contributed by atoms with Gasteiger partial charge in [0.2, 0.25) is 16.0 Å². The molecule has 3 N–H and O–H groups in total. The summed E-state index contributed by atoms with van der Waals surface area (Å²) in [6.07, 6.45) is -10.5. The first-order valence-electron chi connectivity index (χ1n) is 9.25. The summed E-state index contributed by atoms with van der Waals surface area (Å²) in [5, 5.41) is 9.43. The lowest BCUT2D eigenvalue weighted by Crippen LogP contribution is -2.55. The molecular weight excluding hydrogens is 482 g/mol. The number of aliphatic hydroxyl groups is 1. The normalized spacial score (nSPS) is 19.0. The van der Waals surface area contributed by atoms with Crippen LogP contribution in [0, 0.1) is 0 Å². The van der Waals surface area contributed by atoms with Gasteiger partial charge in [0, 0.05) is 49.8 Å². The summed E-state index contributed by atoms with van der Waals surface area (Å²) in [5.41, 5.74) is -1.26. The molecule has 0 saturated carbocycles. The highest BCUT2D eigenvalue weighted by Crippen LogP contribution is 2.49. The minimum Gasteiger partial charge on any atom is -0.384 e. The van der Waals surface area contributed by atoms with Crippen LogP contribution in [0.25, 0.3) is 0 Å². The van der Waals surface area contributed by atoms with Gasteiger partial charge in [-0.1, -0.05) is 0 Å². The van der Waals surface area contributed by atoms with Crippen LogP contribution in [0.15, 0.2) is 35.6 Å². The highest BCUT2D eigenvalue weighted by Gasteiger charge is 2.71. The van der Waals surface area contributed by atoms with E-state index in [1.807, 2.05) is 0 Å². The van der Waals surface area contributed by atoms with Crippen molar-refractivity contribution in [1.82, 2.24) is 19.3 Å². The molecule has 33 heavy (non-hydrogen) atoms. The largest absolute Gasteiger partial charge is 0.430 e. The summed E-state index contributed by atoms with van der Waals surface area (Å²) in [7, 11) is -3.91. The van der Waals surface area contributed by atoms with Gasteiger partial charge in [0.1, 0.15) is 10.7 Å². The van der Waals surface area contributed by atoms with Gasteiger partial charge in [-0.2, -0.15) is 30.6 Å². The number of rotatable bonds is 4. The van der Waals surface area contributed by atoms with Crippen molar-refractivity contribution in [3.05, 3.63) is 36.3 Å². The zero-order valence-electron chi connectivity index (χ0n) is 16.8. The van der Waals surface area contributed by atoms with E-state index >= 15 is 0 Å². The zero-order chi connectivity index (χ0) is 24.8. The van der Waals surface area contributed by atoms with E-state index in [-0.39, 0.29) is 48.7 Å². The first-order valence-corrected chi connectivity index (χ1v) is 10.7. The number of halogens is 6. The van der Waals surface area contributed by atoms with Crippen molar-refractivity contribution in [2.45, 2.75) is 35.8 Å². The minimum absolute atomic E-state index is 0.00491. The summed E-state index contributed by atoms with van der Waals surface area (Å²) < 4.78 is 105. The second-order valence-electron chi connectivity index (χ2n) is 7.30. The Balaban J connectivity index is 1.81. The van der Waals surface area contributed by atoms with Crippen LogP contribution >= 0.6 is 0 Å². The van der Waals surface area contributed by atoms with Gasteiger partial charge in [0.05, 0.1) is 0 Å². The predicted molar refractivity (Wildman–Crippen MR) is 102 cm³/mol. The Morgan fingerprint density at radius 2 is 1.58 bits per heavy atom. The van der Waals surface area contributed by atoms with E-state index in [0.717, 1.165) is 10.5 Å². The molecule has 1 atom stereocenters. The van der Waals surface area contributed by atoms with Crippen LogP contribution in [0.5, 0.6) is 0 Å². The molecule has 0 radical (unpaired) electrons. The number of hydrogen-bond donors (Lipinski definition) is 2. The SMILES string of the molecule is C[C@H]1CN(S(=O)(=O)c2ccc(N)nc2)CCN1c1ncc(C(O)(C(F)(F)F)C(F)(F)F)cn1. The van der Waals surface area contributed by atoms with Crippen LogP contribution in [0.2, 0.25) is 0 Å². The molecule has 16 heteroatoms. The minimum atomic E-state index is -6.06. The van der Waals surface area contributed by atoms with Gasteiger partial charge in [-0.15, -0.1) is 0 Å². The van der Waals surface area contributed by atoms with E-state index in [1.165, 1.54) is 17.0 Å². The molecular formula is C17H18F6N6O3S. The van der Waals surface area contributed by atoms with Gasteiger partial charge in [0.25, 0.3) is 5.60 Å². The highest BCUT2D eigenvalue weighted by atomic mass is 32.2. The maximum atomic E-state index is 13.0. The summed E-state index contributed by atoms with van der Waals surface area (Å²) in [4.78, 5) is 12.2. The van der Waals surface area contributed by atoms with E-state index in [2.05, 4.69) is 15.0 Å². The number of anilines is 2. The second kappa shape index (κ2) is 8.25. The molecule has 0 unspecified atom stereocenters. The third-order valence-corrected chi connectivity index (χ3v) is 6.97. The Morgan fingerprint density at radius 3 is 2.03 bits per heavy atom. The van der Waals surface area contributed by atoms with Crippen molar-refractivity contribution < 1.29 is 39.9 Å². The van der Waals surface area contributed by atoms with Crippen LogP contribution in [-0.2, 0) is 15.6 Å². The molecule has 2 aromatic rings. The molecule has 0 aromatic carbocycles. The topological polar surface area (TPSA) is 126 Å². The Morgan fingerprint density at radius 1 is 1.00 bits per heavy atom. The third-order valence-electron chi connectivity index (χ3n) is 5.12. The van der Waals surface area contributed by atoms with E-state index in [4.69, 9.17) is 5.73 Å². The van der Waals surface area contributed by atoms with Crippen LogP contribution < -0.4 is 10.6 Å². The first kappa shape index (κ1) is 24.9. The highest BCUT2D eigenvalue weighted by molar-refractivity contribution is 7.89.